The first-order valence-electron chi connectivity index (χ1n) is 6.19. The first-order valence-corrected chi connectivity index (χ1v) is 7.07. The van der Waals surface area contributed by atoms with Gasteiger partial charge in [0.05, 0.1) is 12.1 Å². The summed E-state index contributed by atoms with van der Waals surface area (Å²) in [5.41, 5.74) is 0.207. The van der Waals surface area contributed by atoms with Gasteiger partial charge in [-0.3, -0.25) is 0 Å². The molecule has 4 nitrogen and oxygen atoms in total. The van der Waals surface area contributed by atoms with Gasteiger partial charge in [-0.25, -0.2) is 4.79 Å². The fourth-order valence-electron chi connectivity index (χ4n) is 1.92. The summed E-state index contributed by atoms with van der Waals surface area (Å²) in [4.78, 5) is 12.3. The van der Waals surface area contributed by atoms with Crippen LogP contribution in [0.5, 0.6) is 0 Å². The average Bonchev–Trinajstić information content (AvgIpc) is 2.77. The van der Waals surface area contributed by atoms with Crippen LogP contribution in [0, 0.1) is 0 Å². The van der Waals surface area contributed by atoms with Crippen molar-refractivity contribution < 1.29 is 18.3 Å². The molecule has 0 bridgehead atoms. The van der Waals surface area contributed by atoms with Crippen LogP contribution in [0.15, 0.2) is 29.2 Å². The van der Waals surface area contributed by atoms with Crippen LogP contribution in [0.25, 0.3) is 0 Å². The number of amides is 2. The van der Waals surface area contributed by atoms with Crippen molar-refractivity contribution in [3.8, 4) is 0 Å². The van der Waals surface area contributed by atoms with E-state index in [1.165, 1.54) is 0 Å². The van der Waals surface area contributed by atoms with E-state index in [1.807, 2.05) is 6.92 Å². The predicted molar refractivity (Wildman–Crippen MR) is 74.3 cm³/mol. The van der Waals surface area contributed by atoms with E-state index in [-0.39, 0.29) is 11.6 Å². The summed E-state index contributed by atoms with van der Waals surface area (Å²) in [5, 5.41) is 5.52. The summed E-state index contributed by atoms with van der Waals surface area (Å²) in [6.45, 7) is 3.04. The molecule has 1 fully saturated rings. The molecule has 110 valence electrons. The summed E-state index contributed by atoms with van der Waals surface area (Å²) >= 11 is 0.473. The Morgan fingerprint density at radius 2 is 2.10 bits per heavy atom. The van der Waals surface area contributed by atoms with E-state index >= 15 is 0 Å². The van der Waals surface area contributed by atoms with Crippen molar-refractivity contribution in [2.45, 2.75) is 29.5 Å². The maximum Gasteiger partial charge on any atom is 0.319 e. The second-order valence-electron chi connectivity index (χ2n) is 4.85. The van der Waals surface area contributed by atoms with Crippen LogP contribution < -0.4 is 10.6 Å². The van der Waals surface area contributed by atoms with Crippen molar-refractivity contribution in [1.82, 2.24) is 5.32 Å². The fraction of sp³-hybridized carbons (Fsp3) is 0.462. The second kappa shape index (κ2) is 6.41. The number of alkyl halides is 2. The molecule has 0 saturated carbocycles. The highest BCUT2D eigenvalue weighted by molar-refractivity contribution is 7.99. The molecule has 1 aliphatic heterocycles. The van der Waals surface area contributed by atoms with Crippen molar-refractivity contribution in [3.63, 3.8) is 0 Å². The molecule has 1 saturated heterocycles. The molecule has 2 N–H and O–H groups in total. The second-order valence-corrected chi connectivity index (χ2v) is 5.91. The maximum absolute atomic E-state index is 12.2. The Labute approximate surface area is 120 Å². The number of hydrogen-bond acceptors (Lipinski definition) is 3. The lowest BCUT2D eigenvalue weighted by molar-refractivity contribution is 0.172. The van der Waals surface area contributed by atoms with E-state index in [1.54, 1.807) is 24.3 Å². The van der Waals surface area contributed by atoms with E-state index in [4.69, 9.17) is 4.74 Å². The molecule has 2 amide bonds. The van der Waals surface area contributed by atoms with Crippen molar-refractivity contribution in [2.24, 2.45) is 0 Å². The Bertz CT molecular complexity index is 462. The number of thioether (sulfide) groups is 1. The highest BCUT2D eigenvalue weighted by atomic mass is 32.2. The van der Waals surface area contributed by atoms with Crippen LogP contribution in [0.2, 0.25) is 0 Å². The standard InChI is InChI=1S/C13H16F2N2O2S/c1-13(6-7-19-8-13)17-12(18)16-9-2-4-10(5-3-9)20-11(14)15/h2-5,11H,6-8H2,1H3,(H2,16,17,18)/t13-/m0/s1. The van der Waals surface area contributed by atoms with Crippen LogP contribution in [0.4, 0.5) is 19.3 Å². The van der Waals surface area contributed by atoms with Crippen molar-refractivity contribution in [3.05, 3.63) is 24.3 Å². The largest absolute Gasteiger partial charge is 0.379 e. The van der Waals surface area contributed by atoms with Gasteiger partial charge in [0.1, 0.15) is 0 Å². The lowest BCUT2D eigenvalue weighted by atomic mass is 10.0. The number of rotatable bonds is 4. The van der Waals surface area contributed by atoms with Gasteiger partial charge in [-0.05, 0) is 37.6 Å². The smallest absolute Gasteiger partial charge is 0.319 e. The Morgan fingerprint density at radius 3 is 2.65 bits per heavy atom. The van der Waals surface area contributed by atoms with Crippen LogP contribution in [-0.2, 0) is 4.74 Å². The van der Waals surface area contributed by atoms with Gasteiger partial charge >= 0.3 is 6.03 Å². The molecule has 20 heavy (non-hydrogen) atoms. The van der Waals surface area contributed by atoms with E-state index in [0.29, 0.717) is 35.6 Å². The monoisotopic (exact) mass is 302 g/mol. The van der Waals surface area contributed by atoms with Gasteiger partial charge in [-0.2, -0.15) is 8.78 Å². The Kier molecular flexibility index (Phi) is 4.82. The summed E-state index contributed by atoms with van der Waals surface area (Å²) in [6, 6.07) is 5.96. The Morgan fingerprint density at radius 1 is 1.40 bits per heavy atom. The van der Waals surface area contributed by atoms with Crippen molar-refractivity contribution >= 4 is 23.5 Å². The predicted octanol–water partition coefficient (Wildman–Crippen LogP) is 3.30. The number of hydrogen-bond donors (Lipinski definition) is 2. The highest BCUT2D eigenvalue weighted by Gasteiger charge is 2.31. The Balaban J connectivity index is 1.87. The van der Waals surface area contributed by atoms with Gasteiger partial charge in [0.25, 0.3) is 5.76 Å². The van der Waals surface area contributed by atoms with Gasteiger partial charge in [0.2, 0.25) is 0 Å². The molecule has 0 spiro atoms. The summed E-state index contributed by atoms with van der Waals surface area (Å²) in [5.74, 6) is -2.44. The zero-order chi connectivity index (χ0) is 14.6. The third-order valence-corrected chi connectivity index (χ3v) is 3.69. The molecule has 1 aromatic rings. The zero-order valence-electron chi connectivity index (χ0n) is 11.0. The minimum absolute atomic E-state index is 0.327. The van der Waals surface area contributed by atoms with Gasteiger partial charge in [-0.15, -0.1) is 0 Å². The van der Waals surface area contributed by atoms with Crippen molar-refractivity contribution in [1.29, 1.82) is 0 Å². The first kappa shape index (κ1) is 15.1. The van der Waals surface area contributed by atoms with Gasteiger partial charge in [0, 0.05) is 17.2 Å². The molecule has 7 heteroatoms. The molecule has 2 rings (SSSR count). The number of benzene rings is 1. The summed E-state index contributed by atoms with van der Waals surface area (Å²) in [6.07, 6.45) is 0.768. The van der Waals surface area contributed by atoms with E-state index in [9.17, 15) is 13.6 Å². The third-order valence-electron chi connectivity index (χ3n) is 2.97. The number of carbonyl (C=O) groups is 1. The lowest BCUT2D eigenvalue weighted by Crippen LogP contribution is -2.48. The number of carbonyl (C=O) groups excluding carboxylic acids is 1. The normalized spacial score (nSPS) is 22.0. The molecule has 0 radical (unpaired) electrons. The molecule has 0 aromatic heterocycles. The van der Waals surface area contributed by atoms with Crippen LogP contribution in [0.3, 0.4) is 0 Å². The third kappa shape index (κ3) is 4.35. The van der Waals surface area contributed by atoms with Crippen LogP contribution in [-0.4, -0.2) is 30.5 Å². The molecule has 1 atom stereocenters. The number of nitrogens with one attached hydrogen (secondary N) is 2. The van der Waals surface area contributed by atoms with E-state index < -0.39 is 5.76 Å². The van der Waals surface area contributed by atoms with Crippen LogP contribution >= 0.6 is 11.8 Å². The highest BCUT2D eigenvalue weighted by Crippen LogP contribution is 2.26. The maximum atomic E-state index is 12.2. The van der Waals surface area contributed by atoms with Gasteiger partial charge < -0.3 is 15.4 Å². The number of halogens is 2. The average molecular weight is 302 g/mol. The quantitative estimate of drug-likeness (QED) is 0.839. The molecular weight excluding hydrogens is 286 g/mol. The Hall–Kier alpha value is -1.34. The fourth-order valence-corrected chi connectivity index (χ4v) is 2.42. The van der Waals surface area contributed by atoms with Crippen LogP contribution in [0.1, 0.15) is 13.3 Å². The molecule has 1 aromatic carbocycles. The topological polar surface area (TPSA) is 50.4 Å². The lowest BCUT2D eigenvalue weighted by Gasteiger charge is -2.23. The molecule has 1 heterocycles. The first-order chi connectivity index (χ1) is 9.47. The van der Waals surface area contributed by atoms with Crippen molar-refractivity contribution in [2.75, 3.05) is 18.5 Å². The van der Waals surface area contributed by atoms with E-state index in [0.717, 1.165) is 6.42 Å². The minimum atomic E-state index is -2.44. The number of ether oxygens (including phenoxy) is 1. The zero-order valence-corrected chi connectivity index (χ0v) is 11.8. The van der Waals surface area contributed by atoms with Gasteiger partial charge in [0.15, 0.2) is 0 Å². The minimum Gasteiger partial charge on any atom is -0.379 e. The van der Waals surface area contributed by atoms with E-state index in [2.05, 4.69) is 10.6 Å². The SMILES string of the molecule is C[C@]1(NC(=O)Nc2ccc(SC(F)F)cc2)CCOC1. The van der Waals surface area contributed by atoms with Gasteiger partial charge in [-0.1, -0.05) is 11.8 Å². The molecule has 1 aliphatic rings. The summed E-state index contributed by atoms with van der Waals surface area (Å²) in [7, 11) is 0. The number of urea groups is 1. The molecule has 0 unspecified atom stereocenters. The summed E-state index contributed by atoms with van der Waals surface area (Å²) < 4.78 is 29.6. The number of anilines is 1. The molecule has 0 aliphatic carbocycles. The molecular formula is C13H16F2N2O2S.